The number of aromatic nitrogens is 4. The SMILES string of the molecule is C=C/C=C(\C(=C)O)c1cc(N2CCC(C)N(c3ccnc(C#CCN(CC)CCC)n3)CC2)c(N)nn1. The zero-order valence-electron chi connectivity index (χ0n) is 22.2. The summed E-state index contributed by atoms with van der Waals surface area (Å²) < 4.78 is 0. The molecule has 3 rings (SSSR count). The lowest BCUT2D eigenvalue weighted by Crippen LogP contribution is -2.35. The van der Waals surface area contributed by atoms with Crippen molar-refractivity contribution in [2.45, 2.75) is 39.7 Å². The molecule has 0 aromatic carbocycles. The van der Waals surface area contributed by atoms with Crippen LogP contribution in [0.4, 0.5) is 17.3 Å². The third kappa shape index (κ3) is 7.30. The minimum atomic E-state index is -0.101. The molecule has 1 aliphatic rings. The van der Waals surface area contributed by atoms with Gasteiger partial charge in [0.2, 0.25) is 5.82 Å². The zero-order valence-corrected chi connectivity index (χ0v) is 22.2. The molecule has 1 unspecified atom stereocenters. The van der Waals surface area contributed by atoms with Crippen LogP contribution in [0.25, 0.3) is 5.57 Å². The molecule has 2 aromatic rings. The van der Waals surface area contributed by atoms with E-state index in [1.54, 1.807) is 18.3 Å². The summed E-state index contributed by atoms with van der Waals surface area (Å²) in [4.78, 5) is 15.9. The number of aliphatic hydroxyl groups is 1. The lowest BCUT2D eigenvalue weighted by Gasteiger charge is -2.28. The number of nitrogens with two attached hydrogens (primary N) is 1. The molecule has 1 atom stereocenters. The summed E-state index contributed by atoms with van der Waals surface area (Å²) in [6.45, 7) is 18.8. The standard InChI is InChI=1S/C28H38N8O/c1-6-10-23(22(5)37)24-20-25(28(29)33-32-24)35-17-13-21(4)36(19-18-35)27-12-14-30-26(31-27)11-9-16-34(8-3)15-7-2/h6,10,12,14,20-21,37H,1,5,7-8,13,15-19H2,2-4H3,(H2,29,33)/b23-10+. The van der Waals surface area contributed by atoms with Gasteiger partial charge in [-0.05, 0) is 57.0 Å². The van der Waals surface area contributed by atoms with Gasteiger partial charge in [0, 0.05) is 37.4 Å². The van der Waals surface area contributed by atoms with E-state index in [2.05, 4.69) is 75.7 Å². The number of anilines is 3. The Balaban J connectivity index is 1.78. The fourth-order valence-electron chi connectivity index (χ4n) is 4.33. The number of rotatable bonds is 9. The van der Waals surface area contributed by atoms with Crippen LogP contribution < -0.4 is 15.5 Å². The number of nitrogen functional groups attached to an aromatic ring is 1. The van der Waals surface area contributed by atoms with Gasteiger partial charge in [-0.1, -0.05) is 39.0 Å². The van der Waals surface area contributed by atoms with Gasteiger partial charge in [0.05, 0.1) is 17.9 Å². The van der Waals surface area contributed by atoms with Crippen LogP contribution in [0.3, 0.4) is 0 Å². The Morgan fingerprint density at radius 2 is 2.11 bits per heavy atom. The highest BCUT2D eigenvalue weighted by molar-refractivity contribution is 5.78. The monoisotopic (exact) mass is 502 g/mol. The van der Waals surface area contributed by atoms with Gasteiger partial charge < -0.3 is 20.6 Å². The van der Waals surface area contributed by atoms with E-state index >= 15 is 0 Å². The van der Waals surface area contributed by atoms with Crippen molar-refractivity contribution in [2.24, 2.45) is 0 Å². The van der Waals surface area contributed by atoms with Crippen LogP contribution in [-0.4, -0.2) is 75.5 Å². The van der Waals surface area contributed by atoms with E-state index in [9.17, 15) is 5.11 Å². The molecule has 1 saturated heterocycles. The molecule has 37 heavy (non-hydrogen) atoms. The summed E-state index contributed by atoms with van der Waals surface area (Å²) in [7, 11) is 0. The van der Waals surface area contributed by atoms with Crippen molar-refractivity contribution in [2.75, 3.05) is 54.8 Å². The Bertz CT molecular complexity index is 1180. The quantitative estimate of drug-likeness (QED) is 0.302. The van der Waals surface area contributed by atoms with Crippen molar-refractivity contribution in [3.63, 3.8) is 0 Å². The lowest BCUT2D eigenvalue weighted by atomic mass is 10.1. The molecule has 9 nitrogen and oxygen atoms in total. The molecule has 196 valence electrons. The largest absolute Gasteiger partial charge is 0.508 e. The molecular formula is C28H38N8O. The molecular weight excluding hydrogens is 464 g/mol. The van der Waals surface area contributed by atoms with E-state index < -0.39 is 0 Å². The van der Waals surface area contributed by atoms with E-state index in [0.29, 0.717) is 36.0 Å². The first-order valence-electron chi connectivity index (χ1n) is 12.8. The van der Waals surface area contributed by atoms with E-state index in [4.69, 9.17) is 10.7 Å². The van der Waals surface area contributed by atoms with Gasteiger partial charge in [-0.25, -0.2) is 9.97 Å². The van der Waals surface area contributed by atoms with Gasteiger partial charge >= 0.3 is 0 Å². The summed E-state index contributed by atoms with van der Waals surface area (Å²) in [5.74, 6) is 8.00. The molecule has 9 heteroatoms. The van der Waals surface area contributed by atoms with E-state index in [0.717, 1.165) is 50.5 Å². The minimum Gasteiger partial charge on any atom is -0.508 e. The van der Waals surface area contributed by atoms with Crippen LogP contribution >= 0.6 is 0 Å². The number of allylic oxidation sites excluding steroid dienone is 3. The van der Waals surface area contributed by atoms with Crippen molar-refractivity contribution in [3.8, 4) is 11.8 Å². The van der Waals surface area contributed by atoms with Crippen molar-refractivity contribution < 1.29 is 5.11 Å². The van der Waals surface area contributed by atoms with Crippen molar-refractivity contribution >= 4 is 22.9 Å². The average Bonchev–Trinajstić information content (AvgIpc) is 3.08. The van der Waals surface area contributed by atoms with Crippen LogP contribution in [-0.2, 0) is 0 Å². The van der Waals surface area contributed by atoms with E-state index in [1.807, 2.05) is 12.1 Å². The zero-order chi connectivity index (χ0) is 26.8. The summed E-state index contributed by atoms with van der Waals surface area (Å²) >= 11 is 0. The second-order valence-corrected chi connectivity index (χ2v) is 8.99. The molecule has 0 bridgehead atoms. The number of hydrogen-bond donors (Lipinski definition) is 2. The number of aliphatic hydroxyl groups excluding tert-OH is 1. The lowest BCUT2D eigenvalue weighted by molar-refractivity contribution is 0.324. The molecule has 1 aliphatic heterocycles. The van der Waals surface area contributed by atoms with Gasteiger partial charge in [-0.2, -0.15) is 0 Å². The maximum Gasteiger partial charge on any atom is 0.206 e. The first-order chi connectivity index (χ1) is 17.9. The van der Waals surface area contributed by atoms with Gasteiger partial charge in [-0.3, -0.25) is 4.90 Å². The summed E-state index contributed by atoms with van der Waals surface area (Å²) in [6.07, 6.45) is 7.00. The fraction of sp³-hybridized carbons (Fsp3) is 0.429. The number of hydrogen-bond acceptors (Lipinski definition) is 9. The van der Waals surface area contributed by atoms with Gasteiger partial charge in [-0.15, -0.1) is 10.2 Å². The molecule has 2 aromatic heterocycles. The van der Waals surface area contributed by atoms with Crippen LogP contribution in [0.1, 0.15) is 45.1 Å². The molecule has 3 N–H and O–H groups in total. The smallest absolute Gasteiger partial charge is 0.206 e. The molecule has 3 heterocycles. The van der Waals surface area contributed by atoms with Gasteiger partial charge in [0.1, 0.15) is 11.6 Å². The highest BCUT2D eigenvalue weighted by atomic mass is 16.3. The van der Waals surface area contributed by atoms with Crippen LogP contribution in [0.5, 0.6) is 0 Å². The van der Waals surface area contributed by atoms with E-state index in [1.165, 1.54) is 0 Å². The second-order valence-electron chi connectivity index (χ2n) is 8.99. The van der Waals surface area contributed by atoms with Gasteiger partial charge in [0.25, 0.3) is 0 Å². The predicted molar refractivity (Wildman–Crippen MR) is 151 cm³/mol. The third-order valence-electron chi connectivity index (χ3n) is 6.40. The molecule has 0 spiro atoms. The third-order valence-corrected chi connectivity index (χ3v) is 6.40. The maximum absolute atomic E-state index is 9.99. The summed E-state index contributed by atoms with van der Waals surface area (Å²) in [6, 6.07) is 4.03. The summed E-state index contributed by atoms with van der Waals surface area (Å²) in [5, 5.41) is 18.3. The molecule has 0 saturated carbocycles. The Labute approximate surface area is 220 Å². The van der Waals surface area contributed by atoms with E-state index in [-0.39, 0.29) is 11.8 Å². The van der Waals surface area contributed by atoms with Crippen LogP contribution in [0.15, 0.2) is 49.4 Å². The normalized spacial score (nSPS) is 16.2. The van der Waals surface area contributed by atoms with Crippen molar-refractivity contribution in [1.29, 1.82) is 0 Å². The predicted octanol–water partition coefficient (Wildman–Crippen LogP) is 3.68. The second kappa shape index (κ2) is 13.4. The van der Waals surface area contributed by atoms with Gasteiger partial charge in [0.15, 0.2) is 5.82 Å². The average molecular weight is 503 g/mol. The Morgan fingerprint density at radius 1 is 1.30 bits per heavy atom. The van der Waals surface area contributed by atoms with Crippen LogP contribution in [0.2, 0.25) is 0 Å². The fourth-order valence-corrected chi connectivity index (χ4v) is 4.33. The van der Waals surface area contributed by atoms with Crippen molar-refractivity contribution in [3.05, 3.63) is 60.9 Å². The highest BCUT2D eigenvalue weighted by Gasteiger charge is 2.24. The molecule has 0 amide bonds. The molecule has 1 fully saturated rings. The first-order valence-corrected chi connectivity index (χ1v) is 12.8. The Hall–Kier alpha value is -3.90. The molecule has 0 aliphatic carbocycles. The first kappa shape index (κ1) is 27.7. The van der Waals surface area contributed by atoms with Crippen molar-refractivity contribution in [1.82, 2.24) is 25.1 Å². The topological polar surface area (TPSA) is 108 Å². The molecule has 0 radical (unpaired) electrons. The Kier molecular flexibility index (Phi) is 10.0. The van der Waals surface area contributed by atoms with Crippen LogP contribution in [0, 0.1) is 11.8 Å². The Morgan fingerprint density at radius 3 is 2.81 bits per heavy atom. The number of nitrogens with zero attached hydrogens (tertiary/aromatic N) is 7. The maximum atomic E-state index is 9.99. The minimum absolute atomic E-state index is 0.101. The highest BCUT2D eigenvalue weighted by Crippen LogP contribution is 2.29. The summed E-state index contributed by atoms with van der Waals surface area (Å²) in [5.41, 5.74) is 7.95.